The second-order valence-corrected chi connectivity index (χ2v) is 7.44. The molecule has 0 radical (unpaired) electrons. The van der Waals surface area contributed by atoms with Gasteiger partial charge in [0, 0.05) is 25.4 Å². The van der Waals surface area contributed by atoms with Crippen LogP contribution in [-0.2, 0) is 14.3 Å². The molecule has 0 saturated carbocycles. The number of amides is 3. The molecule has 1 N–H and O–H groups in total. The lowest BCUT2D eigenvalue weighted by molar-refractivity contribution is -0.127. The maximum Gasteiger partial charge on any atom is 0.417 e. The van der Waals surface area contributed by atoms with Crippen LogP contribution < -0.4 is 5.32 Å². The molecule has 0 spiro atoms. The van der Waals surface area contributed by atoms with Crippen LogP contribution in [0.1, 0.15) is 48.0 Å². The fourth-order valence-corrected chi connectivity index (χ4v) is 1.95. The number of likely N-dealkylation sites (tertiary alicyclic amines) is 1. The Hall–Kier alpha value is -1.79. The molecule has 0 aromatic carbocycles. The highest BCUT2D eigenvalue weighted by Gasteiger charge is 2.36. The monoisotopic (exact) mass is 314 g/mol. The number of hydrogen-bond acceptors (Lipinski definition) is 5. The molecule has 1 saturated heterocycles. The van der Waals surface area contributed by atoms with Gasteiger partial charge in [-0.1, -0.05) is 0 Å². The quantitative estimate of drug-likeness (QED) is 0.845. The van der Waals surface area contributed by atoms with Gasteiger partial charge in [0.25, 0.3) is 0 Å². The third-order valence-electron chi connectivity index (χ3n) is 2.75. The van der Waals surface area contributed by atoms with Gasteiger partial charge in [-0.05, 0) is 41.5 Å². The van der Waals surface area contributed by atoms with Crippen LogP contribution in [0.5, 0.6) is 0 Å². The van der Waals surface area contributed by atoms with E-state index in [2.05, 4.69) is 5.32 Å². The minimum Gasteiger partial charge on any atom is -0.444 e. The Balaban J connectivity index is 2.46. The number of rotatable bonds is 2. The van der Waals surface area contributed by atoms with Crippen LogP contribution in [0.15, 0.2) is 0 Å². The Morgan fingerprint density at radius 2 is 1.68 bits per heavy atom. The zero-order valence-electron chi connectivity index (χ0n) is 14.2. The van der Waals surface area contributed by atoms with Crippen LogP contribution in [0.2, 0.25) is 0 Å². The number of imide groups is 1. The molecule has 0 aromatic heterocycles. The molecule has 7 nitrogen and oxygen atoms in total. The Morgan fingerprint density at radius 3 is 2.18 bits per heavy atom. The second kappa shape index (κ2) is 6.54. The summed E-state index contributed by atoms with van der Waals surface area (Å²) in [6.07, 6.45) is -0.970. The van der Waals surface area contributed by atoms with E-state index in [1.807, 2.05) is 0 Å². The van der Waals surface area contributed by atoms with Crippen LogP contribution in [-0.4, -0.2) is 47.3 Å². The topological polar surface area (TPSA) is 84.9 Å². The first kappa shape index (κ1) is 18.3. The number of ether oxygens (including phenoxy) is 2. The molecule has 0 bridgehead atoms. The maximum absolute atomic E-state index is 11.9. The van der Waals surface area contributed by atoms with Crippen molar-refractivity contribution in [2.75, 3.05) is 13.1 Å². The fraction of sp³-hybridized carbons (Fsp3) is 0.800. The zero-order valence-corrected chi connectivity index (χ0v) is 14.2. The van der Waals surface area contributed by atoms with Gasteiger partial charge in [-0.2, -0.15) is 0 Å². The van der Waals surface area contributed by atoms with Crippen LogP contribution in [0, 0.1) is 5.92 Å². The molecule has 1 atom stereocenters. The Morgan fingerprint density at radius 1 is 1.14 bits per heavy atom. The Labute approximate surface area is 131 Å². The molecule has 1 heterocycles. The van der Waals surface area contributed by atoms with Crippen LogP contribution in [0.3, 0.4) is 0 Å². The van der Waals surface area contributed by atoms with E-state index in [9.17, 15) is 14.4 Å². The Bertz CT molecular complexity index is 448. The number of nitrogens with one attached hydrogen (secondary N) is 1. The molecule has 0 aromatic rings. The summed E-state index contributed by atoms with van der Waals surface area (Å²) in [5.74, 6) is -0.419. The molecular formula is C15H26N2O5. The van der Waals surface area contributed by atoms with Crippen molar-refractivity contribution >= 4 is 18.1 Å². The summed E-state index contributed by atoms with van der Waals surface area (Å²) in [5, 5.41) is 2.62. The van der Waals surface area contributed by atoms with Crippen molar-refractivity contribution in [3.63, 3.8) is 0 Å². The van der Waals surface area contributed by atoms with Gasteiger partial charge in [-0.15, -0.1) is 0 Å². The van der Waals surface area contributed by atoms with Crippen molar-refractivity contribution < 1.29 is 23.9 Å². The van der Waals surface area contributed by atoms with Gasteiger partial charge in [-0.25, -0.2) is 14.5 Å². The van der Waals surface area contributed by atoms with Gasteiger partial charge in [0.2, 0.25) is 5.91 Å². The highest BCUT2D eigenvalue weighted by molar-refractivity contribution is 5.93. The van der Waals surface area contributed by atoms with E-state index in [1.54, 1.807) is 41.5 Å². The molecule has 1 unspecified atom stereocenters. The summed E-state index contributed by atoms with van der Waals surface area (Å²) in [6, 6.07) is 0. The summed E-state index contributed by atoms with van der Waals surface area (Å²) < 4.78 is 10.3. The molecule has 22 heavy (non-hydrogen) atoms. The van der Waals surface area contributed by atoms with Gasteiger partial charge < -0.3 is 14.8 Å². The lowest BCUT2D eigenvalue weighted by Gasteiger charge is -2.23. The summed E-state index contributed by atoms with van der Waals surface area (Å²) >= 11 is 0. The summed E-state index contributed by atoms with van der Waals surface area (Å²) in [5.41, 5.74) is -1.22. The standard InChI is InChI=1S/C15H26N2O5/c1-14(2,3)21-12(19)16-8-10-7-11(18)17(9-10)13(20)22-15(4,5)6/h10H,7-9H2,1-6H3,(H,16,19). The predicted octanol–water partition coefficient (Wildman–Crippen LogP) is 2.29. The van der Waals surface area contributed by atoms with E-state index in [0.29, 0.717) is 0 Å². The second-order valence-electron chi connectivity index (χ2n) is 7.44. The molecule has 1 aliphatic rings. The summed E-state index contributed by atoms with van der Waals surface area (Å²) in [4.78, 5) is 36.4. The largest absolute Gasteiger partial charge is 0.444 e. The lowest BCUT2D eigenvalue weighted by atomic mass is 10.1. The van der Waals surface area contributed by atoms with E-state index >= 15 is 0 Å². The average molecular weight is 314 g/mol. The molecule has 3 amide bonds. The number of carbonyl (C=O) groups is 3. The van der Waals surface area contributed by atoms with E-state index in [1.165, 1.54) is 0 Å². The highest BCUT2D eigenvalue weighted by Crippen LogP contribution is 2.20. The van der Waals surface area contributed by atoms with Crippen molar-refractivity contribution in [1.82, 2.24) is 10.2 Å². The first-order chi connectivity index (χ1) is 9.87. The maximum atomic E-state index is 11.9. The smallest absolute Gasteiger partial charge is 0.417 e. The first-order valence-corrected chi connectivity index (χ1v) is 7.37. The van der Waals surface area contributed by atoms with Crippen molar-refractivity contribution in [2.24, 2.45) is 5.92 Å². The molecule has 126 valence electrons. The fourth-order valence-electron chi connectivity index (χ4n) is 1.95. The first-order valence-electron chi connectivity index (χ1n) is 7.37. The molecule has 1 aliphatic heterocycles. The third-order valence-corrected chi connectivity index (χ3v) is 2.75. The molecule has 0 aliphatic carbocycles. The molecule has 7 heteroatoms. The van der Waals surface area contributed by atoms with Gasteiger partial charge >= 0.3 is 12.2 Å². The number of hydrogen-bond donors (Lipinski definition) is 1. The Kier molecular flexibility index (Phi) is 5.43. The van der Waals surface area contributed by atoms with Gasteiger partial charge in [0.15, 0.2) is 0 Å². The number of carbonyl (C=O) groups excluding carboxylic acids is 3. The zero-order chi connectivity index (χ0) is 17.1. The molecule has 1 fully saturated rings. The van der Waals surface area contributed by atoms with Crippen molar-refractivity contribution in [3.8, 4) is 0 Å². The van der Waals surface area contributed by atoms with E-state index in [-0.39, 0.29) is 31.3 Å². The van der Waals surface area contributed by atoms with E-state index < -0.39 is 23.4 Å². The minimum atomic E-state index is -0.649. The summed E-state index contributed by atoms with van der Waals surface area (Å²) in [6.45, 7) is 11.1. The van der Waals surface area contributed by atoms with E-state index in [0.717, 1.165) is 4.90 Å². The van der Waals surface area contributed by atoms with Gasteiger partial charge in [0.1, 0.15) is 11.2 Å². The van der Waals surface area contributed by atoms with Crippen LogP contribution >= 0.6 is 0 Å². The van der Waals surface area contributed by atoms with Crippen LogP contribution in [0.25, 0.3) is 0 Å². The third kappa shape index (κ3) is 6.32. The summed E-state index contributed by atoms with van der Waals surface area (Å²) in [7, 11) is 0. The van der Waals surface area contributed by atoms with Crippen molar-refractivity contribution in [1.29, 1.82) is 0 Å². The SMILES string of the molecule is CC(C)(C)OC(=O)NCC1CC(=O)N(C(=O)OC(C)(C)C)C1. The predicted molar refractivity (Wildman–Crippen MR) is 80.3 cm³/mol. The van der Waals surface area contributed by atoms with Gasteiger partial charge in [-0.3, -0.25) is 4.79 Å². The van der Waals surface area contributed by atoms with Crippen molar-refractivity contribution in [2.45, 2.75) is 59.2 Å². The molecular weight excluding hydrogens is 288 g/mol. The number of alkyl carbamates (subject to hydrolysis) is 1. The van der Waals surface area contributed by atoms with Crippen LogP contribution in [0.4, 0.5) is 9.59 Å². The normalized spacial score (nSPS) is 19.1. The minimum absolute atomic E-state index is 0.132. The van der Waals surface area contributed by atoms with E-state index in [4.69, 9.17) is 9.47 Å². The average Bonchev–Trinajstić information content (AvgIpc) is 2.63. The molecule has 1 rings (SSSR count). The lowest BCUT2D eigenvalue weighted by Crippen LogP contribution is -2.39. The van der Waals surface area contributed by atoms with Crippen molar-refractivity contribution in [3.05, 3.63) is 0 Å². The highest BCUT2D eigenvalue weighted by atomic mass is 16.6. The number of nitrogens with zero attached hydrogens (tertiary/aromatic N) is 1. The van der Waals surface area contributed by atoms with Gasteiger partial charge in [0.05, 0.1) is 0 Å².